The van der Waals surface area contributed by atoms with Crippen molar-refractivity contribution in [2.24, 2.45) is 10.7 Å². The van der Waals surface area contributed by atoms with Gasteiger partial charge in [-0.15, -0.1) is 0 Å². The van der Waals surface area contributed by atoms with E-state index in [4.69, 9.17) is 17.3 Å². The third kappa shape index (κ3) is 3.90. The largest absolute Gasteiger partial charge is 0.386 e. The van der Waals surface area contributed by atoms with E-state index in [1.54, 1.807) is 33.8 Å². The van der Waals surface area contributed by atoms with E-state index in [2.05, 4.69) is 15.3 Å². The van der Waals surface area contributed by atoms with E-state index >= 15 is 0 Å². The van der Waals surface area contributed by atoms with E-state index in [-0.39, 0.29) is 22.8 Å². The van der Waals surface area contributed by atoms with Gasteiger partial charge in [0, 0.05) is 17.4 Å². The molecular formula is C20H24ClFN4O3S. The fourth-order valence-corrected chi connectivity index (χ4v) is 5.25. The van der Waals surface area contributed by atoms with Crippen molar-refractivity contribution in [1.82, 2.24) is 4.98 Å². The molecule has 1 aliphatic rings. The van der Waals surface area contributed by atoms with E-state index in [1.165, 1.54) is 24.4 Å². The van der Waals surface area contributed by atoms with Gasteiger partial charge in [-0.3, -0.25) is 18.9 Å². The fourth-order valence-electron chi connectivity index (χ4n) is 3.29. The molecule has 0 fully saturated rings. The Balaban J connectivity index is 1.98. The summed E-state index contributed by atoms with van der Waals surface area (Å²) in [6.45, 7) is 6.47. The summed E-state index contributed by atoms with van der Waals surface area (Å²) in [5.41, 5.74) is 5.89. The molecule has 30 heavy (non-hydrogen) atoms. The van der Waals surface area contributed by atoms with E-state index in [0.29, 0.717) is 16.3 Å². The molecule has 0 saturated heterocycles. The average molecular weight is 455 g/mol. The maximum absolute atomic E-state index is 14.7. The normalized spacial score (nSPS) is 23.4. The second-order valence-electron chi connectivity index (χ2n) is 8.06. The number of nitrogens with two attached hydrogens (primary N) is 1. The number of rotatable bonds is 3. The van der Waals surface area contributed by atoms with Gasteiger partial charge in [-0.1, -0.05) is 11.6 Å². The molecule has 2 heterocycles. The van der Waals surface area contributed by atoms with E-state index in [9.17, 15) is 18.3 Å². The summed E-state index contributed by atoms with van der Waals surface area (Å²) in [5.74, 6) is -1.24. The molecule has 2 aromatic rings. The lowest BCUT2D eigenvalue weighted by atomic mass is 9.92. The number of aliphatic imine (C=N–C) groups is 1. The lowest BCUT2D eigenvalue weighted by molar-refractivity contribution is 0.102. The Morgan fingerprint density at radius 3 is 2.57 bits per heavy atom. The van der Waals surface area contributed by atoms with Crippen LogP contribution < -0.4 is 11.1 Å². The summed E-state index contributed by atoms with van der Waals surface area (Å²) >= 11 is 5.88. The van der Waals surface area contributed by atoms with Gasteiger partial charge in [-0.2, -0.15) is 10.6 Å². The Labute approximate surface area is 180 Å². The number of nitrogens with zero attached hydrogens (tertiary/aromatic N) is 2. The van der Waals surface area contributed by atoms with Crippen LogP contribution in [0.1, 0.15) is 42.4 Å². The molecule has 162 valence electrons. The summed E-state index contributed by atoms with van der Waals surface area (Å²) in [6, 6.07) is 5.63. The highest BCUT2D eigenvalue weighted by atomic mass is 35.5. The molecule has 10 heteroatoms. The molecule has 5 N–H and O–H groups in total. The summed E-state index contributed by atoms with van der Waals surface area (Å²) in [5, 5.41) is 3.09. The SMILES string of the molecule is Cc1cc(Cl)cnc1C(=O)Nc1ccc(F)c([C@]2(C)CS(O)(O)C(C)(C)C(N)=N2)c1. The Kier molecular flexibility index (Phi) is 5.61. The number of carbonyl (C=O) groups is 1. The first-order valence-electron chi connectivity index (χ1n) is 9.12. The molecule has 0 spiro atoms. The van der Waals surface area contributed by atoms with Crippen molar-refractivity contribution in [3.05, 3.63) is 58.1 Å². The molecule has 7 nitrogen and oxygen atoms in total. The number of aromatic nitrogens is 1. The lowest BCUT2D eigenvalue weighted by Crippen LogP contribution is -2.52. The number of anilines is 1. The number of nitrogens with one attached hydrogen (secondary N) is 1. The molecule has 1 aromatic heterocycles. The number of hydrogen-bond donors (Lipinski definition) is 4. The zero-order valence-electron chi connectivity index (χ0n) is 17.0. The molecule has 1 aromatic carbocycles. The number of amidine groups is 1. The van der Waals surface area contributed by atoms with Crippen molar-refractivity contribution in [2.75, 3.05) is 11.1 Å². The van der Waals surface area contributed by atoms with Gasteiger partial charge in [0.1, 0.15) is 27.6 Å². The number of pyridine rings is 1. The monoisotopic (exact) mass is 454 g/mol. The first kappa shape index (κ1) is 22.5. The zero-order chi connectivity index (χ0) is 22.5. The van der Waals surface area contributed by atoms with Gasteiger partial charge in [0.2, 0.25) is 0 Å². The quantitative estimate of drug-likeness (QED) is 0.542. The molecule has 0 unspecified atom stereocenters. The smallest absolute Gasteiger partial charge is 0.274 e. The van der Waals surface area contributed by atoms with Crippen LogP contribution >= 0.6 is 22.2 Å². The summed E-state index contributed by atoms with van der Waals surface area (Å²) in [6.07, 6.45) is 1.37. The number of carbonyl (C=O) groups excluding carboxylic acids is 1. The standard InChI is InChI=1S/C20H24ClFN4O3S/c1-11-7-12(21)9-24-16(11)17(27)25-13-5-6-15(22)14(8-13)20(4)10-30(28,29)19(2,3)18(23)26-20/h5-9,28-29H,10H2,1-4H3,(H2,23,26)(H,25,27)/t20-/m0/s1. The summed E-state index contributed by atoms with van der Waals surface area (Å²) < 4.78 is 34.9. The molecular weight excluding hydrogens is 431 g/mol. The molecule has 3 rings (SSSR count). The third-order valence-electron chi connectivity index (χ3n) is 5.35. The maximum atomic E-state index is 14.7. The summed E-state index contributed by atoms with van der Waals surface area (Å²) in [7, 11) is -3.20. The molecule has 0 aliphatic carbocycles. The van der Waals surface area contributed by atoms with Crippen molar-refractivity contribution in [1.29, 1.82) is 0 Å². The minimum Gasteiger partial charge on any atom is -0.386 e. The van der Waals surface area contributed by atoms with Gasteiger partial charge in [-0.05, 0) is 57.5 Å². The minimum atomic E-state index is -3.20. The highest BCUT2D eigenvalue weighted by Crippen LogP contribution is 2.59. The number of aryl methyl sites for hydroxylation is 1. The second kappa shape index (κ2) is 7.49. The Hall–Kier alpha value is -2.20. The van der Waals surface area contributed by atoms with Crippen molar-refractivity contribution in [3.8, 4) is 0 Å². The van der Waals surface area contributed by atoms with Crippen molar-refractivity contribution in [3.63, 3.8) is 0 Å². The fraction of sp³-hybridized carbons (Fsp3) is 0.350. The van der Waals surface area contributed by atoms with Gasteiger partial charge in [0.25, 0.3) is 5.91 Å². The second-order valence-corrected chi connectivity index (χ2v) is 11.1. The van der Waals surface area contributed by atoms with Crippen LogP contribution in [0.4, 0.5) is 10.1 Å². The van der Waals surface area contributed by atoms with Crippen LogP contribution in [0, 0.1) is 12.7 Å². The molecule has 0 saturated carbocycles. The van der Waals surface area contributed by atoms with Gasteiger partial charge in [-0.25, -0.2) is 9.37 Å². The van der Waals surface area contributed by atoms with Crippen LogP contribution in [-0.2, 0) is 5.54 Å². The predicted molar refractivity (Wildman–Crippen MR) is 119 cm³/mol. The predicted octanol–water partition coefficient (Wildman–Crippen LogP) is 4.55. The average Bonchev–Trinajstić information content (AvgIpc) is 2.61. The van der Waals surface area contributed by atoms with E-state index in [0.717, 1.165) is 0 Å². The topological polar surface area (TPSA) is 121 Å². The molecule has 1 atom stereocenters. The highest BCUT2D eigenvalue weighted by molar-refractivity contribution is 8.26. The van der Waals surface area contributed by atoms with Crippen LogP contribution in [0.2, 0.25) is 5.02 Å². The number of halogens is 2. The highest BCUT2D eigenvalue weighted by Gasteiger charge is 2.49. The van der Waals surface area contributed by atoms with Gasteiger partial charge >= 0.3 is 0 Å². The van der Waals surface area contributed by atoms with Crippen molar-refractivity contribution >= 4 is 39.6 Å². The van der Waals surface area contributed by atoms with Crippen LogP contribution in [0.5, 0.6) is 0 Å². The number of benzene rings is 1. The Bertz CT molecular complexity index is 1060. The van der Waals surface area contributed by atoms with Gasteiger partial charge in [0.15, 0.2) is 0 Å². The van der Waals surface area contributed by atoms with Crippen molar-refractivity contribution in [2.45, 2.75) is 38.0 Å². The van der Waals surface area contributed by atoms with Crippen molar-refractivity contribution < 1.29 is 18.3 Å². The number of hydrogen-bond acceptors (Lipinski definition) is 6. The molecule has 0 bridgehead atoms. The zero-order valence-corrected chi connectivity index (χ0v) is 18.6. The van der Waals surface area contributed by atoms with Crippen LogP contribution in [0.15, 0.2) is 35.5 Å². The Morgan fingerprint density at radius 2 is 1.97 bits per heavy atom. The lowest BCUT2D eigenvalue weighted by Gasteiger charge is -2.53. The molecule has 1 aliphatic heterocycles. The molecule has 0 radical (unpaired) electrons. The first-order valence-corrected chi connectivity index (χ1v) is 11.2. The van der Waals surface area contributed by atoms with Crippen LogP contribution in [0.3, 0.4) is 0 Å². The first-order chi connectivity index (χ1) is 13.8. The van der Waals surface area contributed by atoms with Crippen LogP contribution in [0.25, 0.3) is 0 Å². The minimum absolute atomic E-state index is 0.0334. The Morgan fingerprint density at radius 1 is 1.30 bits per heavy atom. The third-order valence-corrected chi connectivity index (χ3v) is 8.36. The van der Waals surface area contributed by atoms with Gasteiger partial charge in [0.05, 0.1) is 10.8 Å². The van der Waals surface area contributed by atoms with E-state index < -0.39 is 32.6 Å². The summed E-state index contributed by atoms with van der Waals surface area (Å²) in [4.78, 5) is 21.1. The van der Waals surface area contributed by atoms with E-state index in [1.807, 2.05) is 0 Å². The van der Waals surface area contributed by atoms with Gasteiger partial charge < -0.3 is 11.1 Å². The maximum Gasteiger partial charge on any atom is 0.274 e. The number of amides is 1. The van der Waals surface area contributed by atoms with Crippen LogP contribution in [-0.4, -0.2) is 36.3 Å². The molecule has 1 amide bonds.